The van der Waals surface area contributed by atoms with Crippen molar-refractivity contribution in [3.63, 3.8) is 0 Å². The van der Waals surface area contributed by atoms with Gasteiger partial charge in [-0.1, -0.05) is 12.0 Å². The number of quaternary nitrogens is 1. The second-order valence-corrected chi connectivity index (χ2v) is 8.55. The first-order chi connectivity index (χ1) is 11.5. The highest BCUT2D eigenvalue weighted by Gasteiger charge is 2.42. The standard InChI is InChI=1S/C14H21N5O3S2/c1-3-7-24(21)14-17-16-13(23-14)19(20)10-18(2)9-12(19)15-8-11-5-4-6-22-11/h4-6,12,15H,3,7-10H2,1-2H3. The van der Waals surface area contributed by atoms with Gasteiger partial charge in [0.25, 0.3) is 0 Å². The third-order valence-corrected chi connectivity index (χ3v) is 6.72. The molecule has 3 heterocycles. The zero-order valence-corrected chi connectivity index (χ0v) is 15.3. The zero-order valence-electron chi connectivity index (χ0n) is 13.7. The Bertz CT molecular complexity index is 692. The van der Waals surface area contributed by atoms with Crippen LogP contribution in [-0.4, -0.2) is 51.5 Å². The quantitative estimate of drug-likeness (QED) is 0.582. The van der Waals surface area contributed by atoms with Crippen molar-refractivity contribution in [2.45, 2.75) is 30.4 Å². The number of hydroxylamine groups is 2. The molecule has 1 saturated heterocycles. The van der Waals surface area contributed by atoms with E-state index in [1.807, 2.05) is 31.0 Å². The van der Waals surface area contributed by atoms with Gasteiger partial charge in [0.05, 0.1) is 30.2 Å². The molecule has 8 nitrogen and oxygen atoms in total. The van der Waals surface area contributed by atoms with Gasteiger partial charge >= 0.3 is 5.13 Å². The summed E-state index contributed by atoms with van der Waals surface area (Å²) in [5.74, 6) is 1.31. The molecule has 0 aliphatic carbocycles. The van der Waals surface area contributed by atoms with Crippen LogP contribution in [-0.2, 0) is 17.3 Å². The molecule has 1 fully saturated rings. The SMILES string of the molecule is CCCS(=O)c1nnc([N+]2([O-])CN(C)CC2NCc2ccco2)s1. The van der Waals surface area contributed by atoms with Crippen molar-refractivity contribution in [3.05, 3.63) is 29.4 Å². The lowest BCUT2D eigenvalue weighted by Crippen LogP contribution is -2.55. The first-order valence-electron chi connectivity index (χ1n) is 7.78. The molecule has 10 heteroatoms. The summed E-state index contributed by atoms with van der Waals surface area (Å²) in [5.41, 5.74) is 0. The lowest BCUT2D eigenvalue weighted by atomic mass is 10.4. The molecular weight excluding hydrogens is 350 g/mol. The minimum atomic E-state index is -1.18. The third-order valence-electron chi connectivity index (χ3n) is 3.84. The molecule has 0 radical (unpaired) electrons. The van der Waals surface area contributed by atoms with Gasteiger partial charge in [0.2, 0.25) is 4.34 Å². The first-order valence-corrected chi connectivity index (χ1v) is 9.92. The molecule has 3 rings (SSSR count). The molecule has 3 unspecified atom stereocenters. The van der Waals surface area contributed by atoms with Gasteiger partial charge in [0.1, 0.15) is 12.4 Å². The molecule has 1 aliphatic heterocycles. The number of hydrogen-bond acceptors (Lipinski definition) is 8. The van der Waals surface area contributed by atoms with Crippen molar-refractivity contribution in [1.82, 2.24) is 25.1 Å². The van der Waals surface area contributed by atoms with Gasteiger partial charge in [-0.25, -0.2) is 0 Å². The van der Waals surface area contributed by atoms with Gasteiger partial charge in [0, 0.05) is 5.75 Å². The van der Waals surface area contributed by atoms with E-state index in [-0.39, 0.29) is 12.8 Å². The number of hydrogen-bond donors (Lipinski definition) is 1. The molecular formula is C14H21N5O3S2. The monoisotopic (exact) mass is 371 g/mol. The Morgan fingerprint density at radius 2 is 2.42 bits per heavy atom. The van der Waals surface area contributed by atoms with Crippen LogP contribution in [0.25, 0.3) is 0 Å². The summed E-state index contributed by atoms with van der Waals surface area (Å²) in [7, 11) is 0.717. The number of furan rings is 1. The Labute approximate surface area is 147 Å². The Hall–Kier alpha value is -1.17. The molecule has 0 aromatic carbocycles. The number of rotatable bonds is 7. The van der Waals surface area contributed by atoms with E-state index in [0.717, 1.165) is 23.5 Å². The van der Waals surface area contributed by atoms with Gasteiger partial charge in [-0.05, 0) is 36.9 Å². The molecule has 24 heavy (non-hydrogen) atoms. The Morgan fingerprint density at radius 1 is 1.58 bits per heavy atom. The maximum absolute atomic E-state index is 13.4. The predicted molar refractivity (Wildman–Crippen MR) is 93.5 cm³/mol. The van der Waals surface area contributed by atoms with Crippen LogP contribution < -0.4 is 9.96 Å². The van der Waals surface area contributed by atoms with Crippen LogP contribution in [0.5, 0.6) is 0 Å². The molecule has 132 valence electrons. The summed E-state index contributed by atoms with van der Waals surface area (Å²) in [6.07, 6.45) is 2.03. The molecule has 1 aliphatic rings. The number of nitrogens with one attached hydrogen (secondary N) is 1. The highest BCUT2D eigenvalue weighted by molar-refractivity contribution is 7.87. The van der Waals surface area contributed by atoms with Crippen molar-refractivity contribution in [1.29, 1.82) is 0 Å². The van der Waals surface area contributed by atoms with Gasteiger partial charge in [-0.2, -0.15) is 0 Å². The Balaban J connectivity index is 1.76. The third kappa shape index (κ3) is 3.58. The van der Waals surface area contributed by atoms with Crippen molar-refractivity contribution >= 4 is 27.3 Å². The normalized spacial score (nSPS) is 26.0. The van der Waals surface area contributed by atoms with Crippen LogP contribution in [0, 0.1) is 5.21 Å². The Morgan fingerprint density at radius 3 is 3.12 bits per heavy atom. The highest BCUT2D eigenvalue weighted by Crippen LogP contribution is 2.33. The van der Waals surface area contributed by atoms with Crippen LogP contribution in [0.2, 0.25) is 0 Å². The maximum Gasteiger partial charge on any atom is 0.310 e. The van der Waals surface area contributed by atoms with E-state index in [1.165, 1.54) is 0 Å². The lowest BCUT2D eigenvalue weighted by Gasteiger charge is -2.39. The van der Waals surface area contributed by atoms with Gasteiger partial charge in [-0.3, -0.25) is 19.1 Å². The van der Waals surface area contributed by atoms with Gasteiger partial charge < -0.3 is 9.62 Å². The molecule has 1 N–H and O–H groups in total. The number of likely N-dealkylation sites (N-methyl/N-ethyl adjacent to an activating group) is 1. The summed E-state index contributed by atoms with van der Waals surface area (Å²) in [4.78, 5) is 1.96. The minimum absolute atomic E-state index is 0.283. The van der Waals surface area contributed by atoms with Crippen LogP contribution in [0.15, 0.2) is 27.2 Å². The lowest BCUT2D eigenvalue weighted by molar-refractivity contribution is 0.281. The Kier molecular flexibility index (Phi) is 5.42. The fourth-order valence-corrected chi connectivity index (χ4v) is 4.88. The average Bonchev–Trinajstić information content (AvgIpc) is 3.25. The first kappa shape index (κ1) is 17.6. The van der Waals surface area contributed by atoms with E-state index in [1.54, 1.807) is 6.26 Å². The molecule has 0 bridgehead atoms. The van der Waals surface area contributed by atoms with E-state index in [0.29, 0.717) is 28.3 Å². The van der Waals surface area contributed by atoms with Crippen molar-refractivity contribution in [2.24, 2.45) is 0 Å². The van der Waals surface area contributed by atoms with Crippen LogP contribution in [0.1, 0.15) is 19.1 Å². The van der Waals surface area contributed by atoms with Crippen molar-refractivity contribution in [2.75, 3.05) is 26.0 Å². The van der Waals surface area contributed by atoms with E-state index >= 15 is 0 Å². The van der Waals surface area contributed by atoms with Gasteiger partial charge in [-0.15, -0.1) is 5.10 Å². The van der Waals surface area contributed by atoms with Crippen LogP contribution in [0.3, 0.4) is 0 Å². The van der Waals surface area contributed by atoms with Crippen molar-refractivity contribution in [3.8, 4) is 0 Å². The number of nitrogens with zero attached hydrogens (tertiary/aromatic N) is 4. The van der Waals surface area contributed by atoms with Gasteiger partial charge in [0.15, 0.2) is 6.17 Å². The second kappa shape index (κ2) is 7.38. The van der Waals surface area contributed by atoms with Crippen LogP contribution >= 0.6 is 11.3 Å². The summed E-state index contributed by atoms with van der Waals surface area (Å²) >= 11 is 1.15. The molecule has 0 spiro atoms. The summed E-state index contributed by atoms with van der Waals surface area (Å²) in [6.45, 7) is 3.31. The summed E-state index contributed by atoms with van der Waals surface area (Å²) < 4.78 is 17.2. The summed E-state index contributed by atoms with van der Waals surface area (Å²) in [5, 5.41) is 25.0. The molecule has 0 amide bonds. The minimum Gasteiger partial charge on any atom is -0.623 e. The molecule has 2 aromatic heterocycles. The fraction of sp³-hybridized carbons (Fsp3) is 0.571. The second-order valence-electron chi connectivity index (χ2n) is 5.85. The topological polar surface area (TPSA) is 94.3 Å². The molecule has 2 aromatic rings. The van der Waals surface area contributed by atoms with E-state index in [9.17, 15) is 9.42 Å². The van der Waals surface area contributed by atoms with Crippen molar-refractivity contribution < 1.29 is 8.63 Å². The van der Waals surface area contributed by atoms with Crippen LogP contribution in [0.4, 0.5) is 5.13 Å². The fourth-order valence-electron chi connectivity index (χ4n) is 2.70. The highest BCUT2D eigenvalue weighted by atomic mass is 32.2. The smallest absolute Gasteiger partial charge is 0.310 e. The average molecular weight is 371 g/mol. The zero-order chi connectivity index (χ0) is 17.2. The maximum atomic E-state index is 13.4. The molecule has 3 atom stereocenters. The number of aromatic nitrogens is 2. The van der Waals surface area contributed by atoms with E-state index in [2.05, 4.69) is 15.5 Å². The predicted octanol–water partition coefficient (Wildman–Crippen LogP) is 1.47. The van der Waals surface area contributed by atoms with E-state index < -0.39 is 15.4 Å². The summed E-state index contributed by atoms with van der Waals surface area (Å²) in [6, 6.07) is 3.68. The largest absolute Gasteiger partial charge is 0.623 e. The molecule has 0 saturated carbocycles. The van der Waals surface area contributed by atoms with E-state index in [4.69, 9.17) is 4.42 Å².